The maximum absolute atomic E-state index is 12.1. The van der Waals surface area contributed by atoms with E-state index in [4.69, 9.17) is 5.11 Å². The predicted molar refractivity (Wildman–Crippen MR) is 106 cm³/mol. The van der Waals surface area contributed by atoms with Crippen LogP contribution in [-0.2, 0) is 11.3 Å². The number of carbonyl (C=O) groups is 2. The molecule has 11 heteroatoms. The summed E-state index contributed by atoms with van der Waals surface area (Å²) in [5.74, 6) is -1.42. The highest BCUT2D eigenvalue weighted by Crippen LogP contribution is 2.25. The number of aryl methyl sites for hydroxylation is 1. The van der Waals surface area contributed by atoms with E-state index in [1.807, 2.05) is 0 Å². The number of pyridine rings is 1. The van der Waals surface area contributed by atoms with Gasteiger partial charge in [0.05, 0.1) is 24.1 Å². The van der Waals surface area contributed by atoms with Gasteiger partial charge in [0.25, 0.3) is 11.6 Å². The van der Waals surface area contributed by atoms with Crippen molar-refractivity contribution in [3.8, 4) is 11.3 Å². The van der Waals surface area contributed by atoms with E-state index in [0.717, 1.165) is 0 Å². The summed E-state index contributed by atoms with van der Waals surface area (Å²) in [5, 5.41) is 28.2. The van der Waals surface area contributed by atoms with Gasteiger partial charge in [0, 0.05) is 47.4 Å². The number of carboxylic acid groups (broad SMARTS) is 1. The third kappa shape index (κ3) is 5.10. The van der Waals surface area contributed by atoms with Gasteiger partial charge in [-0.05, 0) is 12.1 Å². The average Bonchev–Trinajstić information content (AvgIpc) is 3.16. The molecule has 0 unspecified atom stereocenters. The second-order valence-electron chi connectivity index (χ2n) is 6.08. The second-order valence-corrected chi connectivity index (χ2v) is 6.08. The number of hydrazone groups is 1. The van der Waals surface area contributed by atoms with E-state index >= 15 is 0 Å². The predicted octanol–water partition coefficient (Wildman–Crippen LogP) is 2.09. The van der Waals surface area contributed by atoms with Crippen LogP contribution in [0.4, 0.5) is 5.69 Å². The Morgan fingerprint density at radius 2 is 2.03 bits per heavy atom. The van der Waals surface area contributed by atoms with Gasteiger partial charge < -0.3 is 5.11 Å². The number of nitrogens with zero attached hydrogens (tertiary/aromatic N) is 5. The van der Waals surface area contributed by atoms with Crippen LogP contribution in [0.25, 0.3) is 11.3 Å². The van der Waals surface area contributed by atoms with Gasteiger partial charge in [0.15, 0.2) is 0 Å². The molecule has 0 spiro atoms. The Morgan fingerprint density at radius 3 is 2.73 bits per heavy atom. The number of hydrogen-bond acceptors (Lipinski definition) is 7. The molecule has 0 aliphatic rings. The van der Waals surface area contributed by atoms with Gasteiger partial charge in [-0.1, -0.05) is 12.1 Å². The number of carboxylic acids is 1. The molecule has 2 aromatic heterocycles. The number of aliphatic carboxylic acids is 1. The normalized spacial score (nSPS) is 10.8. The molecule has 0 radical (unpaired) electrons. The summed E-state index contributed by atoms with van der Waals surface area (Å²) in [6, 6.07) is 8.94. The van der Waals surface area contributed by atoms with Gasteiger partial charge in [0.2, 0.25) is 0 Å². The molecule has 0 aliphatic heterocycles. The molecule has 1 amide bonds. The van der Waals surface area contributed by atoms with Gasteiger partial charge in [0.1, 0.15) is 5.69 Å². The molecule has 11 nitrogen and oxygen atoms in total. The van der Waals surface area contributed by atoms with E-state index in [9.17, 15) is 19.7 Å². The van der Waals surface area contributed by atoms with Crippen molar-refractivity contribution in [3.63, 3.8) is 0 Å². The zero-order valence-electron chi connectivity index (χ0n) is 15.5. The minimum atomic E-state index is -0.984. The number of nitro groups is 1. The van der Waals surface area contributed by atoms with Crippen molar-refractivity contribution < 1.29 is 19.6 Å². The van der Waals surface area contributed by atoms with Crippen molar-refractivity contribution in [1.82, 2.24) is 20.2 Å². The molecule has 30 heavy (non-hydrogen) atoms. The van der Waals surface area contributed by atoms with E-state index < -0.39 is 16.8 Å². The van der Waals surface area contributed by atoms with Gasteiger partial charge in [-0.2, -0.15) is 10.2 Å². The van der Waals surface area contributed by atoms with E-state index in [-0.39, 0.29) is 18.7 Å². The van der Waals surface area contributed by atoms with Gasteiger partial charge in [-0.3, -0.25) is 29.4 Å². The maximum atomic E-state index is 12.1. The molecule has 0 fully saturated rings. The van der Waals surface area contributed by atoms with Crippen molar-refractivity contribution in [2.45, 2.75) is 13.0 Å². The zero-order chi connectivity index (χ0) is 21.5. The van der Waals surface area contributed by atoms with Crippen molar-refractivity contribution in [2.75, 3.05) is 0 Å². The monoisotopic (exact) mass is 408 g/mol. The third-order valence-corrected chi connectivity index (χ3v) is 3.99. The van der Waals surface area contributed by atoms with Crippen LogP contribution >= 0.6 is 0 Å². The van der Waals surface area contributed by atoms with Gasteiger partial charge in [-0.25, -0.2) is 5.43 Å². The molecule has 152 valence electrons. The summed E-state index contributed by atoms with van der Waals surface area (Å²) in [5.41, 5.74) is 3.92. The van der Waals surface area contributed by atoms with Crippen LogP contribution in [-0.4, -0.2) is 42.9 Å². The lowest BCUT2D eigenvalue weighted by atomic mass is 10.1. The summed E-state index contributed by atoms with van der Waals surface area (Å²) in [6.07, 6.45) is 5.71. The van der Waals surface area contributed by atoms with Gasteiger partial charge >= 0.3 is 5.97 Å². The molecule has 3 aromatic rings. The summed E-state index contributed by atoms with van der Waals surface area (Å²) in [4.78, 5) is 37.3. The maximum Gasteiger partial charge on any atom is 0.305 e. The van der Waals surface area contributed by atoms with E-state index in [0.29, 0.717) is 22.4 Å². The van der Waals surface area contributed by atoms with E-state index in [2.05, 4.69) is 20.6 Å². The molecule has 0 atom stereocenters. The first-order valence-corrected chi connectivity index (χ1v) is 8.71. The lowest BCUT2D eigenvalue weighted by molar-refractivity contribution is -0.384. The Morgan fingerprint density at radius 1 is 1.27 bits per heavy atom. The number of carbonyl (C=O) groups excluding carboxylic acids is 1. The smallest absolute Gasteiger partial charge is 0.305 e. The van der Waals surface area contributed by atoms with Crippen LogP contribution in [0.15, 0.2) is 60.1 Å². The van der Waals surface area contributed by atoms with Crippen molar-refractivity contribution in [3.05, 3.63) is 76.2 Å². The van der Waals surface area contributed by atoms with Crippen molar-refractivity contribution in [2.24, 2.45) is 5.10 Å². The molecule has 0 aliphatic carbocycles. The fourth-order valence-corrected chi connectivity index (χ4v) is 2.58. The van der Waals surface area contributed by atoms with E-state index in [1.165, 1.54) is 53.6 Å². The quantitative estimate of drug-likeness (QED) is 0.329. The first-order valence-electron chi connectivity index (χ1n) is 8.71. The van der Waals surface area contributed by atoms with Crippen LogP contribution < -0.4 is 5.43 Å². The Bertz CT molecular complexity index is 1110. The summed E-state index contributed by atoms with van der Waals surface area (Å²) < 4.78 is 1.41. The van der Waals surface area contributed by atoms with Crippen LogP contribution in [0.1, 0.15) is 22.3 Å². The molecule has 0 saturated carbocycles. The zero-order valence-corrected chi connectivity index (χ0v) is 15.5. The number of amides is 1. The number of non-ortho nitro benzene ring substituents is 1. The Labute approximate surface area is 169 Å². The number of nitrogens with one attached hydrogen (secondary N) is 1. The van der Waals surface area contributed by atoms with E-state index in [1.54, 1.807) is 12.3 Å². The summed E-state index contributed by atoms with van der Waals surface area (Å²) in [7, 11) is 0. The number of aromatic nitrogens is 3. The average molecular weight is 408 g/mol. The lowest BCUT2D eigenvalue weighted by Gasteiger charge is -2.00. The number of hydrogen-bond donors (Lipinski definition) is 2. The lowest BCUT2D eigenvalue weighted by Crippen LogP contribution is -2.17. The molecule has 2 heterocycles. The van der Waals surface area contributed by atoms with Crippen LogP contribution in [0, 0.1) is 10.1 Å². The summed E-state index contributed by atoms with van der Waals surface area (Å²) in [6.45, 7) is 0.106. The Hall–Kier alpha value is -4.41. The van der Waals surface area contributed by atoms with Crippen molar-refractivity contribution in [1.29, 1.82) is 0 Å². The number of nitro benzene ring substituents is 1. The molecule has 0 saturated heterocycles. The fourth-order valence-electron chi connectivity index (χ4n) is 2.58. The fraction of sp³-hybridized carbons (Fsp3) is 0.105. The first-order chi connectivity index (χ1) is 14.4. The second kappa shape index (κ2) is 9.19. The molecule has 0 bridgehead atoms. The molecule has 2 N–H and O–H groups in total. The van der Waals surface area contributed by atoms with Crippen LogP contribution in [0.5, 0.6) is 0 Å². The first kappa shape index (κ1) is 20.3. The molecular weight excluding hydrogens is 392 g/mol. The Kier molecular flexibility index (Phi) is 6.23. The molecule has 1 aromatic carbocycles. The largest absolute Gasteiger partial charge is 0.481 e. The van der Waals surface area contributed by atoms with Gasteiger partial charge in [-0.15, -0.1) is 0 Å². The molecule has 3 rings (SSSR count). The Balaban J connectivity index is 1.88. The van der Waals surface area contributed by atoms with Crippen LogP contribution in [0.2, 0.25) is 0 Å². The number of rotatable bonds is 8. The summed E-state index contributed by atoms with van der Waals surface area (Å²) >= 11 is 0. The highest BCUT2D eigenvalue weighted by atomic mass is 16.6. The highest BCUT2D eigenvalue weighted by molar-refractivity contribution is 5.95. The standard InChI is InChI=1S/C19H16N6O5/c26-17(27)6-9-24-12-15(11-21-22-19(28)13-4-7-20-8-5-13)18(23-24)14-2-1-3-16(10-14)25(29)30/h1-5,7-8,10-12H,6,9H2,(H,22,28)(H,26,27). The number of benzene rings is 1. The molecular formula is C19H16N6O5. The third-order valence-electron chi connectivity index (χ3n) is 3.99. The minimum Gasteiger partial charge on any atom is -0.481 e. The van der Waals surface area contributed by atoms with Crippen LogP contribution in [0.3, 0.4) is 0 Å². The topological polar surface area (TPSA) is 153 Å². The van der Waals surface area contributed by atoms with Crippen molar-refractivity contribution >= 4 is 23.8 Å². The minimum absolute atomic E-state index is 0.106. The SMILES string of the molecule is O=C(O)CCn1cc(C=NNC(=O)c2ccncc2)c(-c2cccc([N+](=O)[O-])c2)n1. The highest BCUT2D eigenvalue weighted by Gasteiger charge is 2.14.